The molecule has 0 N–H and O–H groups in total. The fourth-order valence-electron chi connectivity index (χ4n) is 2.31. The average molecular weight is 292 g/mol. The van der Waals surface area contributed by atoms with Crippen molar-refractivity contribution in [3.8, 4) is 0 Å². The molecule has 20 heavy (non-hydrogen) atoms. The van der Waals surface area contributed by atoms with E-state index in [9.17, 15) is 4.79 Å². The molecule has 3 rings (SSSR count). The second kappa shape index (κ2) is 5.77. The Labute approximate surface area is 121 Å². The third kappa shape index (κ3) is 2.62. The van der Waals surface area contributed by atoms with Gasteiger partial charge in [0.05, 0.1) is 18.8 Å². The van der Waals surface area contributed by atoms with E-state index in [1.807, 2.05) is 24.3 Å². The first-order valence-electron chi connectivity index (χ1n) is 6.54. The van der Waals surface area contributed by atoms with Crippen LogP contribution in [-0.4, -0.2) is 30.8 Å². The maximum Gasteiger partial charge on any atom is 0.340 e. The minimum Gasteiger partial charge on any atom is -0.462 e. The van der Waals surface area contributed by atoms with Crippen LogP contribution in [0.4, 0.5) is 0 Å². The Morgan fingerprint density at radius 1 is 1.40 bits per heavy atom. The van der Waals surface area contributed by atoms with Gasteiger partial charge in [-0.3, -0.25) is 0 Å². The smallest absolute Gasteiger partial charge is 0.340 e. The number of ether oxygens (including phenoxy) is 2. The van der Waals surface area contributed by atoms with Crippen molar-refractivity contribution in [2.24, 2.45) is 5.92 Å². The molecule has 0 spiro atoms. The second-order valence-corrected chi connectivity index (χ2v) is 5.19. The molecule has 1 aliphatic rings. The molecule has 2 aromatic rings. The Hall–Kier alpha value is -1.65. The van der Waals surface area contributed by atoms with E-state index >= 15 is 0 Å². The van der Waals surface area contributed by atoms with E-state index < -0.39 is 0 Å². The van der Waals surface area contributed by atoms with E-state index in [0.29, 0.717) is 29.8 Å². The van der Waals surface area contributed by atoms with Gasteiger partial charge in [0.15, 0.2) is 0 Å². The van der Waals surface area contributed by atoms with Crippen LogP contribution in [0, 0.1) is 5.92 Å². The first-order valence-corrected chi connectivity index (χ1v) is 6.91. The lowest BCUT2D eigenvalue weighted by Crippen LogP contribution is -2.14. The van der Waals surface area contributed by atoms with Gasteiger partial charge in [0.1, 0.15) is 5.15 Å². The molecular formula is C15H14ClNO3. The van der Waals surface area contributed by atoms with Crippen molar-refractivity contribution in [1.29, 1.82) is 0 Å². The summed E-state index contributed by atoms with van der Waals surface area (Å²) in [5.41, 5.74) is 0.448. The zero-order valence-corrected chi connectivity index (χ0v) is 11.6. The van der Waals surface area contributed by atoms with Gasteiger partial charge in [0.2, 0.25) is 0 Å². The molecule has 1 aromatic heterocycles. The van der Waals surface area contributed by atoms with Crippen molar-refractivity contribution in [3.63, 3.8) is 0 Å². The molecule has 0 amide bonds. The summed E-state index contributed by atoms with van der Waals surface area (Å²) in [5, 5.41) is 1.91. The molecule has 0 saturated carbocycles. The Balaban J connectivity index is 1.82. The zero-order chi connectivity index (χ0) is 13.9. The Morgan fingerprint density at radius 3 is 2.95 bits per heavy atom. The molecular weight excluding hydrogens is 278 g/mol. The maximum absolute atomic E-state index is 12.2. The fraction of sp³-hybridized carbons (Fsp3) is 0.333. The zero-order valence-electron chi connectivity index (χ0n) is 10.8. The molecule has 0 radical (unpaired) electrons. The van der Waals surface area contributed by atoms with Gasteiger partial charge >= 0.3 is 5.97 Å². The van der Waals surface area contributed by atoms with Gasteiger partial charge < -0.3 is 9.47 Å². The van der Waals surface area contributed by atoms with Crippen LogP contribution in [0.15, 0.2) is 30.5 Å². The van der Waals surface area contributed by atoms with Gasteiger partial charge in [-0.25, -0.2) is 9.78 Å². The van der Waals surface area contributed by atoms with Gasteiger partial charge in [-0.15, -0.1) is 0 Å². The summed E-state index contributed by atoms with van der Waals surface area (Å²) in [6.07, 6.45) is 2.41. The van der Waals surface area contributed by atoms with Crippen molar-refractivity contribution in [1.82, 2.24) is 4.98 Å². The SMILES string of the molecule is O=C(OCC1CCOC1)c1cnc(Cl)c2ccccc12. The van der Waals surface area contributed by atoms with E-state index in [-0.39, 0.29) is 5.97 Å². The monoisotopic (exact) mass is 291 g/mol. The Bertz CT molecular complexity index is 638. The van der Waals surface area contributed by atoms with Gasteiger partial charge in [0, 0.05) is 29.5 Å². The van der Waals surface area contributed by atoms with Crippen LogP contribution in [0.25, 0.3) is 10.8 Å². The largest absolute Gasteiger partial charge is 0.462 e. The van der Waals surface area contributed by atoms with Crippen LogP contribution in [0.2, 0.25) is 5.15 Å². The molecule has 1 aliphatic heterocycles. The van der Waals surface area contributed by atoms with Crippen molar-refractivity contribution in [3.05, 3.63) is 41.2 Å². The number of halogens is 1. The van der Waals surface area contributed by atoms with Crippen LogP contribution in [0.1, 0.15) is 16.8 Å². The number of hydrogen-bond donors (Lipinski definition) is 0. The summed E-state index contributed by atoms with van der Waals surface area (Å²) < 4.78 is 10.6. The van der Waals surface area contributed by atoms with E-state index in [4.69, 9.17) is 21.1 Å². The molecule has 1 fully saturated rings. The number of aromatic nitrogens is 1. The number of pyridine rings is 1. The van der Waals surface area contributed by atoms with Crippen molar-refractivity contribution < 1.29 is 14.3 Å². The number of nitrogens with zero attached hydrogens (tertiary/aromatic N) is 1. The van der Waals surface area contributed by atoms with Gasteiger partial charge in [-0.2, -0.15) is 0 Å². The quantitative estimate of drug-likeness (QED) is 0.644. The van der Waals surface area contributed by atoms with Crippen LogP contribution in [0.5, 0.6) is 0 Å². The van der Waals surface area contributed by atoms with Crippen LogP contribution in [-0.2, 0) is 9.47 Å². The molecule has 4 nitrogen and oxygen atoms in total. The number of fused-ring (bicyclic) bond motifs is 1. The van der Waals surface area contributed by atoms with E-state index in [1.54, 1.807) is 0 Å². The van der Waals surface area contributed by atoms with E-state index in [0.717, 1.165) is 23.8 Å². The van der Waals surface area contributed by atoms with Crippen LogP contribution in [0.3, 0.4) is 0 Å². The third-order valence-corrected chi connectivity index (χ3v) is 3.74. The third-order valence-electron chi connectivity index (χ3n) is 3.44. The van der Waals surface area contributed by atoms with E-state index in [2.05, 4.69) is 4.98 Å². The number of esters is 1. The molecule has 5 heteroatoms. The number of rotatable bonds is 3. The standard InChI is InChI=1S/C15H14ClNO3/c16-14-12-4-2-1-3-11(12)13(7-17-14)15(18)20-9-10-5-6-19-8-10/h1-4,7,10H,5-6,8-9H2. The molecule has 104 valence electrons. The van der Waals surface area contributed by atoms with Gasteiger partial charge in [-0.05, 0) is 6.42 Å². The second-order valence-electron chi connectivity index (χ2n) is 4.84. The predicted molar refractivity (Wildman–Crippen MR) is 76.0 cm³/mol. The fourth-order valence-corrected chi connectivity index (χ4v) is 2.52. The molecule has 0 aliphatic carbocycles. The molecule has 2 heterocycles. The predicted octanol–water partition coefficient (Wildman–Crippen LogP) is 3.08. The number of benzene rings is 1. The number of carbonyl (C=O) groups excluding carboxylic acids is 1. The maximum atomic E-state index is 12.2. The van der Waals surface area contributed by atoms with Crippen molar-refractivity contribution in [2.45, 2.75) is 6.42 Å². The van der Waals surface area contributed by atoms with Crippen molar-refractivity contribution >= 4 is 28.3 Å². The normalized spacial score (nSPS) is 18.4. The minimum atomic E-state index is -0.364. The lowest BCUT2D eigenvalue weighted by molar-refractivity contribution is 0.0430. The van der Waals surface area contributed by atoms with Crippen LogP contribution >= 0.6 is 11.6 Å². The lowest BCUT2D eigenvalue weighted by Gasteiger charge is -2.10. The molecule has 1 atom stereocenters. The van der Waals surface area contributed by atoms with Gasteiger partial charge in [0.25, 0.3) is 0 Å². The summed E-state index contributed by atoms with van der Waals surface area (Å²) in [4.78, 5) is 16.2. The first kappa shape index (κ1) is 13.3. The highest BCUT2D eigenvalue weighted by Crippen LogP contribution is 2.25. The minimum absolute atomic E-state index is 0.297. The van der Waals surface area contributed by atoms with Gasteiger partial charge in [-0.1, -0.05) is 35.9 Å². The number of hydrogen-bond acceptors (Lipinski definition) is 4. The summed E-state index contributed by atoms with van der Waals surface area (Å²) in [5.74, 6) is -0.0669. The molecule has 1 saturated heterocycles. The highest BCUT2D eigenvalue weighted by Gasteiger charge is 2.19. The summed E-state index contributed by atoms with van der Waals surface area (Å²) in [6.45, 7) is 1.79. The Kier molecular flexibility index (Phi) is 3.85. The molecule has 1 unspecified atom stereocenters. The lowest BCUT2D eigenvalue weighted by atomic mass is 10.1. The highest BCUT2D eigenvalue weighted by atomic mass is 35.5. The first-order chi connectivity index (χ1) is 9.75. The highest BCUT2D eigenvalue weighted by molar-refractivity contribution is 6.34. The summed E-state index contributed by atoms with van der Waals surface area (Å²) in [6, 6.07) is 7.41. The van der Waals surface area contributed by atoms with Crippen LogP contribution < -0.4 is 0 Å². The Morgan fingerprint density at radius 2 is 2.20 bits per heavy atom. The topological polar surface area (TPSA) is 48.4 Å². The molecule has 0 bridgehead atoms. The number of carbonyl (C=O) groups is 1. The summed E-state index contributed by atoms with van der Waals surface area (Å²) in [7, 11) is 0. The van der Waals surface area contributed by atoms with E-state index in [1.165, 1.54) is 6.20 Å². The molecule has 1 aromatic carbocycles. The summed E-state index contributed by atoms with van der Waals surface area (Å²) >= 11 is 6.03. The average Bonchev–Trinajstić information content (AvgIpc) is 2.99. The van der Waals surface area contributed by atoms with Crippen molar-refractivity contribution in [2.75, 3.05) is 19.8 Å².